The van der Waals surface area contributed by atoms with Crippen molar-refractivity contribution in [2.24, 2.45) is 0 Å². The molecule has 0 spiro atoms. The summed E-state index contributed by atoms with van der Waals surface area (Å²) < 4.78 is 0. The SMILES string of the molecule is O=CO.O=CO.O=CO.[Pm]. The first-order valence-corrected chi connectivity index (χ1v) is 1.48. The van der Waals surface area contributed by atoms with Gasteiger partial charge in [-0.2, -0.15) is 0 Å². The van der Waals surface area contributed by atoms with Crippen LogP contribution in [0.3, 0.4) is 0 Å². The predicted octanol–water partition coefficient (Wildman–Crippen LogP) is -0.898. The van der Waals surface area contributed by atoms with Gasteiger partial charge < -0.3 is 15.3 Å². The molecular formula is C3H6O6Pm. The minimum absolute atomic E-state index is 0. The van der Waals surface area contributed by atoms with Crippen LogP contribution in [0.2, 0.25) is 0 Å². The molecule has 0 rings (SSSR count). The normalized spacial score (nSPS) is 3.60. The third-order valence-electron chi connectivity index (χ3n) is 0. The van der Waals surface area contributed by atoms with Gasteiger partial charge in [0.15, 0.2) is 0 Å². The molecule has 59 valence electrons. The van der Waals surface area contributed by atoms with Crippen molar-refractivity contribution in [3.8, 4) is 0 Å². The van der Waals surface area contributed by atoms with Gasteiger partial charge in [-0.1, -0.05) is 0 Å². The van der Waals surface area contributed by atoms with Crippen molar-refractivity contribution < 1.29 is 70.1 Å². The zero-order valence-electron chi connectivity index (χ0n) is 4.75. The van der Waals surface area contributed by atoms with E-state index in [0.717, 1.165) is 0 Å². The third kappa shape index (κ3) is 5540. The number of carbonyl (C=O) groups is 3. The second kappa shape index (κ2) is 69.6. The molecule has 10 heavy (non-hydrogen) atoms. The largest absolute Gasteiger partial charge is 0.483 e. The summed E-state index contributed by atoms with van der Waals surface area (Å²) in [6.45, 7) is -0.750. The molecule has 0 heterocycles. The standard InChI is InChI=1S/3CH2O2.Pm/c3*2-1-3;/h3*1H,(H,2,3);. The van der Waals surface area contributed by atoms with E-state index in [2.05, 4.69) is 0 Å². The van der Waals surface area contributed by atoms with E-state index in [1.54, 1.807) is 0 Å². The van der Waals surface area contributed by atoms with Crippen molar-refractivity contribution >= 4 is 19.4 Å². The molecule has 0 saturated heterocycles. The second-order valence-corrected chi connectivity index (χ2v) is 0.316. The van der Waals surface area contributed by atoms with Crippen LogP contribution in [0.1, 0.15) is 0 Å². The van der Waals surface area contributed by atoms with E-state index in [1.807, 2.05) is 0 Å². The summed E-state index contributed by atoms with van der Waals surface area (Å²) >= 11 is 0. The predicted molar refractivity (Wildman–Crippen MR) is 26.1 cm³/mol. The minimum atomic E-state index is -0.250. The number of carboxylic acid groups (broad SMARTS) is 3. The van der Waals surface area contributed by atoms with Crippen LogP contribution in [0.5, 0.6) is 0 Å². The summed E-state index contributed by atoms with van der Waals surface area (Å²) in [5, 5.41) is 20.7. The second-order valence-electron chi connectivity index (χ2n) is 0.316. The molecule has 0 aliphatic carbocycles. The van der Waals surface area contributed by atoms with Crippen molar-refractivity contribution in [2.75, 3.05) is 0 Å². The molecule has 6 nitrogen and oxygen atoms in total. The zero-order valence-corrected chi connectivity index (χ0v) is 7.62. The zero-order chi connectivity index (χ0) is 8.12. The van der Waals surface area contributed by atoms with Crippen molar-refractivity contribution in [1.29, 1.82) is 0 Å². The van der Waals surface area contributed by atoms with Crippen LogP contribution in [-0.2, 0) is 14.4 Å². The fraction of sp³-hybridized carbons (Fsp3) is 0. The molecule has 1 radical (unpaired) electrons. The molecular weight excluding hydrogens is 277 g/mol. The van der Waals surface area contributed by atoms with Gasteiger partial charge in [0.05, 0.1) is 0 Å². The molecule has 3 N–H and O–H groups in total. The van der Waals surface area contributed by atoms with Gasteiger partial charge in [-0.3, -0.25) is 14.4 Å². The van der Waals surface area contributed by atoms with Crippen LogP contribution in [-0.4, -0.2) is 34.7 Å². The van der Waals surface area contributed by atoms with Crippen molar-refractivity contribution in [2.45, 2.75) is 0 Å². The van der Waals surface area contributed by atoms with Crippen LogP contribution in [0.15, 0.2) is 0 Å². The Labute approximate surface area is 89.0 Å². The molecule has 0 aliphatic rings. The first-order chi connectivity index (χ1) is 4.24. The maximum Gasteiger partial charge on any atom is 0.290 e. The van der Waals surface area contributed by atoms with Gasteiger partial charge in [0.1, 0.15) is 0 Å². The number of hydrogen-bond acceptors (Lipinski definition) is 3. The van der Waals surface area contributed by atoms with Gasteiger partial charge in [-0.15, -0.1) is 0 Å². The van der Waals surface area contributed by atoms with Gasteiger partial charge in [0.25, 0.3) is 19.4 Å². The summed E-state index contributed by atoms with van der Waals surface area (Å²) in [7, 11) is 0. The van der Waals surface area contributed by atoms with Crippen LogP contribution in [0.4, 0.5) is 0 Å². The van der Waals surface area contributed by atoms with E-state index in [9.17, 15) is 0 Å². The van der Waals surface area contributed by atoms with Gasteiger partial charge in [0.2, 0.25) is 0 Å². The maximum atomic E-state index is 8.36. The van der Waals surface area contributed by atoms with Crippen molar-refractivity contribution in [3.05, 3.63) is 0 Å². The Morgan fingerprint density at radius 2 is 0.700 bits per heavy atom. The summed E-state index contributed by atoms with van der Waals surface area (Å²) in [5.74, 6) is 0. The molecule has 0 aromatic rings. The van der Waals surface area contributed by atoms with Gasteiger partial charge >= 0.3 is 0 Å². The molecule has 7 heteroatoms. The molecule has 0 fully saturated rings. The fourth-order valence-electron chi connectivity index (χ4n) is 0. The van der Waals surface area contributed by atoms with E-state index in [0.29, 0.717) is 0 Å². The minimum Gasteiger partial charge on any atom is -0.483 e. The van der Waals surface area contributed by atoms with Gasteiger partial charge in [0, 0.05) is 40.4 Å². The first kappa shape index (κ1) is 22.6. The maximum absolute atomic E-state index is 8.36. The fourth-order valence-corrected chi connectivity index (χ4v) is 0. The summed E-state index contributed by atoms with van der Waals surface area (Å²) in [6, 6.07) is 0. The monoisotopic (exact) mass is 283 g/mol. The average molecular weight is 283 g/mol. The summed E-state index contributed by atoms with van der Waals surface area (Å²) in [6.07, 6.45) is 0. The Morgan fingerprint density at radius 1 is 0.700 bits per heavy atom. The Morgan fingerprint density at radius 3 is 0.700 bits per heavy atom. The number of hydrogen-bond donors (Lipinski definition) is 3. The van der Waals surface area contributed by atoms with Crippen molar-refractivity contribution in [1.82, 2.24) is 0 Å². The van der Waals surface area contributed by atoms with E-state index in [-0.39, 0.29) is 59.8 Å². The third-order valence-corrected chi connectivity index (χ3v) is 0. The first-order valence-electron chi connectivity index (χ1n) is 1.48. The Kier molecular flexibility index (Phi) is 157. The van der Waals surface area contributed by atoms with E-state index in [4.69, 9.17) is 29.7 Å². The van der Waals surface area contributed by atoms with Crippen LogP contribution in [0.25, 0.3) is 0 Å². The van der Waals surface area contributed by atoms with Crippen LogP contribution in [0, 0.1) is 40.4 Å². The molecule has 0 amide bonds. The topological polar surface area (TPSA) is 112 Å². The van der Waals surface area contributed by atoms with E-state index in [1.165, 1.54) is 0 Å². The quantitative estimate of drug-likeness (QED) is 0.497. The molecule has 0 atom stereocenters. The van der Waals surface area contributed by atoms with Gasteiger partial charge in [-0.05, 0) is 0 Å². The molecule has 0 aromatic carbocycles. The summed E-state index contributed by atoms with van der Waals surface area (Å²) in [5.41, 5.74) is 0. The molecule has 0 aliphatic heterocycles. The molecule has 0 aromatic heterocycles. The van der Waals surface area contributed by atoms with Crippen molar-refractivity contribution in [3.63, 3.8) is 0 Å². The number of rotatable bonds is 0. The molecule has 0 bridgehead atoms. The summed E-state index contributed by atoms with van der Waals surface area (Å²) in [4.78, 5) is 25.1. The Hall–Kier alpha value is -0.252. The molecule has 0 unspecified atom stereocenters. The average Bonchev–Trinajstić information content (AvgIpc) is 1.70. The van der Waals surface area contributed by atoms with Crippen LogP contribution >= 0.6 is 0 Å². The Balaban J connectivity index is -0.0000000257. The Bertz CT molecular complexity index is 49.7. The van der Waals surface area contributed by atoms with E-state index < -0.39 is 0 Å². The smallest absolute Gasteiger partial charge is 0.290 e. The van der Waals surface area contributed by atoms with Gasteiger partial charge in [-0.25, -0.2) is 0 Å². The molecule has 0 saturated carbocycles. The van der Waals surface area contributed by atoms with E-state index >= 15 is 0 Å². The van der Waals surface area contributed by atoms with Crippen LogP contribution < -0.4 is 0 Å².